The minimum atomic E-state index is -3.11. The predicted octanol–water partition coefficient (Wildman–Crippen LogP) is 2.00. The number of rotatable bonds is 6. The molecule has 3 aliphatic heterocycles. The zero-order valence-electron chi connectivity index (χ0n) is 24.1. The number of carbonyl (C=O) groups excluding carboxylic acids is 3. The van der Waals surface area contributed by atoms with Crippen LogP contribution in [0, 0.1) is 5.82 Å². The smallest absolute Gasteiger partial charge is 0.255 e. The molecule has 0 bridgehead atoms. The van der Waals surface area contributed by atoms with E-state index in [2.05, 4.69) is 4.90 Å². The molecule has 0 spiro atoms. The number of amides is 3. The molecule has 34 heavy (non-hydrogen) atoms. The summed E-state index contributed by atoms with van der Waals surface area (Å²) in [4.78, 5) is 40.6. The number of fused-ring (bicyclic) bond motifs is 1. The molecule has 3 heterocycles. The van der Waals surface area contributed by atoms with Gasteiger partial charge in [0.25, 0.3) is 5.91 Å². The van der Waals surface area contributed by atoms with Crippen molar-refractivity contribution in [3.63, 3.8) is 0 Å². The number of morpholine rings is 1. The Hall–Kier alpha value is -3.30. The van der Waals surface area contributed by atoms with E-state index in [1.807, 2.05) is 0 Å². The van der Waals surface area contributed by atoms with E-state index in [0.717, 1.165) is 4.90 Å². The molecule has 2 fully saturated rings. The molecule has 1 atom stereocenters. The van der Waals surface area contributed by atoms with Gasteiger partial charge in [-0.25, -0.2) is 4.39 Å². The van der Waals surface area contributed by atoms with Crippen molar-refractivity contribution in [3.05, 3.63) is 64.5 Å². The van der Waals surface area contributed by atoms with E-state index < -0.39 is 55.4 Å². The van der Waals surface area contributed by atoms with Crippen LogP contribution in [0.15, 0.2) is 36.4 Å². The third kappa shape index (κ3) is 4.53. The number of nitrogens with zero attached hydrogens (tertiary/aromatic N) is 2. The van der Waals surface area contributed by atoms with E-state index in [-0.39, 0.29) is 22.4 Å². The van der Waals surface area contributed by atoms with E-state index in [1.54, 1.807) is 11.4 Å². The van der Waals surface area contributed by atoms with Crippen molar-refractivity contribution in [2.45, 2.75) is 38.4 Å². The lowest BCUT2D eigenvalue weighted by atomic mass is 10.0. The highest BCUT2D eigenvalue weighted by Crippen LogP contribution is 2.34. The highest BCUT2D eigenvalue weighted by Gasteiger charge is 2.40. The Morgan fingerprint density at radius 2 is 2.03 bits per heavy atom. The number of carbonyl (C=O) groups is 3. The number of ether oxygens (including phenoxy) is 2. The van der Waals surface area contributed by atoms with Crippen LogP contribution in [0.2, 0.25) is 0 Å². The van der Waals surface area contributed by atoms with E-state index in [9.17, 15) is 14.4 Å². The molecule has 0 aliphatic carbocycles. The van der Waals surface area contributed by atoms with Gasteiger partial charge in [-0.1, -0.05) is 18.2 Å². The maximum Gasteiger partial charge on any atom is 0.255 e. The van der Waals surface area contributed by atoms with Crippen LogP contribution in [0.1, 0.15) is 48.0 Å². The summed E-state index contributed by atoms with van der Waals surface area (Å²) in [6, 6.07) is 6.28. The van der Waals surface area contributed by atoms with Gasteiger partial charge >= 0.3 is 0 Å². The van der Waals surface area contributed by atoms with Crippen molar-refractivity contribution in [3.8, 4) is 5.75 Å². The first-order valence-corrected chi connectivity index (χ1v) is 10.8. The molecule has 5 rings (SSSR count). The first-order chi connectivity index (χ1) is 18.7. The average molecular weight is 474 g/mol. The van der Waals surface area contributed by atoms with Gasteiger partial charge in [-0.3, -0.25) is 24.6 Å². The van der Waals surface area contributed by atoms with Crippen molar-refractivity contribution in [1.82, 2.24) is 15.1 Å². The molecular weight excluding hydrogens is 441 g/mol. The van der Waals surface area contributed by atoms with Gasteiger partial charge in [-0.2, -0.15) is 0 Å². The lowest BCUT2D eigenvalue weighted by Crippen LogP contribution is -2.52. The first-order valence-electron chi connectivity index (χ1n) is 13.8. The summed E-state index contributed by atoms with van der Waals surface area (Å²) in [5, 5.41) is 1.78. The van der Waals surface area contributed by atoms with Crippen LogP contribution >= 0.6 is 0 Å². The Bertz CT molecular complexity index is 1380. The third-order valence-corrected chi connectivity index (χ3v) is 5.89. The summed E-state index contributed by atoms with van der Waals surface area (Å²) >= 11 is 0. The molecule has 8 nitrogen and oxygen atoms in total. The van der Waals surface area contributed by atoms with E-state index in [4.69, 9.17) is 17.7 Å². The summed E-state index contributed by atoms with van der Waals surface area (Å²) in [6.45, 7) is -0.0588. The van der Waals surface area contributed by atoms with Crippen molar-refractivity contribution < 1.29 is 36.5 Å². The largest absolute Gasteiger partial charge is 0.488 e. The number of hydrogen-bond donors (Lipinski definition) is 1. The summed E-state index contributed by atoms with van der Waals surface area (Å²) in [5.41, 5.74) is 0.378. The molecule has 3 amide bonds. The van der Waals surface area contributed by atoms with E-state index >= 15 is 4.39 Å². The normalized spacial score (nSPS) is 26.9. The van der Waals surface area contributed by atoms with Gasteiger partial charge in [0.2, 0.25) is 11.8 Å². The Morgan fingerprint density at radius 1 is 1.21 bits per heavy atom. The number of hydrogen-bond acceptors (Lipinski definition) is 6. The Morgan fingerprint density at radius 3 is 2.82 bits per heavy atom. The molecule has 2 saturated heterocycles. The quantitative estimate of drug-likeness (QED) is 0.646. The van der Waals surface area contributed by atoms with Gasteiger partial charge in [0.05, 0.1) is 22.5 Å². The van der Waals surface area contributed by atoms with Gasteiger partial charge in [-0.05, 0) is 30.1 Å². The third-order valence-electron chi connectivity index (χ3n) is 5.89. The molecule has 1 unspecified atom stereocenters. The number of imide groups is 1. The van der Waals surface area contributed by atoms with Crippen LogP contribution in [0.3, 0.4) is 0 Å². The fraction of sp³-hybridized carbons (Fsp3) is 0.400. The van der Waals surface area contributed by atoms with Crippen LogP contribution in [-0.2, 0) is 34.0 Å². The van der Waals surface area contributed by atoms with Crippen LogP contribution in [0.4, 0.5) is 4.39 Å². The van der Waals surface area contributed by atoms with Crippen molar-refractivity contribution in [2.24, 2.45) is 0 Å². The van der Waals surface area contributed by atoms with Gasteiger partial charge in [-0.15, -0.1) is 0 Å². The number of nitrogens with one attached hydrogen (secondary N) is 1. The number of piperidine rings is 1. The van der Waals surface area contributed by atoms with Crippen LogP contribution < -0.4 is 10.1 Å². The fourth-order valence-corrected chi connectivity index (χ4v) is 4.13. The Balaban J connectivity index is 1.39. The molecule has 2 aromatic rings. The molecule has 178 valence electrons. The predicted molar refractivity (Wildman–Crippen MR) is 119 cm³/mol. The second-order valence-corrected chi connectivity index (χ2v) is 8.11. The zero-order valence-corrected chi connectivity index (χ0v) is 18.1. The Labute approximate surface area is 205 Å². The molecule has 9 heteroatoms. The van der Waals surface area contributed by atoms with Crippen molar-refractivity contribution >= 4 is 17.7 Å². The summed E-state index contributed by atoms with van der Waals surface area (Å²) in [5.74, 6) is -4.40. The number of halogens is 1. The van der Waals surface area contributed by atoms with Crippen molar-refractivity contribution in [1.29, 1.82) is 0 Å². The molecule has 0 saturated carbocycles. The maximum absolute atomic E-state index is 15.1. The van der Waals surface area contributed by atoms with Gasteiger partial charge in [0, 0.05) is 48.2 Å². The Kier molecular flexibility index (Phi) is 4.58. The monoisotopic (exact) mass is 473 g/mol. The zero-order chi connectivity index (χ0) is 29.0. The summed E-state index contributed by atoms with van der Waals surface area (Å²) in [7, 11) is 0. The molecule has 3 aliphatic rings. The van der Waals surface area contributed by atoms with E-state index in [0.29, 0.717) is 38.4 Å². The first kappa shape index (κ1) is 16.3. The van der Waals surface area contributed by atoms with Crippen molar-refractivity contribution in [2.75, 3.05) is 26.3 Å². The maximum atomic E-state index is 15.1. The topological polar surface area (TPSA) is 88.2 Å². The minimum Gasteiger partial charge on any atom is -0.488 e. The van der Waals surface area contributed by atoms with E-state index in [1.165, 1.54) is 30.3 Å². The highest BCUT2D eigenvalue weighted by atomic mass is 19.1. The lowest BCUT2D eigenvalue weighted by Gasteiger charge is -2.29. The highest BCUT2D eigenvalue weighted by molar-refractivity contribution is 6.05. The molecular formula is C25H26FN3O5. The molecule has 2 aromatic carbocycles. The molecule has 1 N–H and O–H groups in total. The molecule has 0 aromatic heterocycles. The van der Waals surface area contributed by atoms with Crippen LogP contribution in [-0.4, -0.2) is 59.9 Å². The average Bonchev–Trinajstić information content (AvgIpc) is 3.20. The van der Waals surface area contributed by atoms with Gasteiger partial charge < -0.3 is 14.4 Å². The lowest BCUT2D eigenvalue weighted by molar-refractivity contribution is -0.136. The summed E-state index contributed by atoms with van der Waals surface area (Å²) < 4.78 is 75.1. The second-order valence-electron chi connectivity index (χ2n) is 8.11. The van der Waals surface area contributed by atoms with Crippen LogP contribution in [0.25, 0.3) is 0 Å². The standard InChI is InChI=1S/C25H26FN3O5/c26-20-12-16(13-28-8-10-33-11-9-28)4-5-17(20)15-34-22-3-1-2-18-19(22)14-29(25(18)32)21-6-7-23(30)27-24(21)31/h1-5,12,21H,6-11,13-15H2,(H,27,30,31)/i6D2,7D2,15D2. The SMILES string of the molecule is [2H]C([2H])(Oc1cccc2c1CN(C1C(=O)NC(=O)C([2H])([2H])C1([2H])[2H])C2=O)c1ccc(CN2CCOCC2)cc1F. The van der Waals surface area contributed by atoms with Crippen LogP contribution in [0.5, 0.6) is 5.75 Å². The van der Waals surface area contributed by atoms with Gasteiger partial charge in [0.15, 0.2) is 0 Å². The second kappa shape index (κ2) is 9.52. The fourth-order valence-electron chi connectivity index (χ4n) is 4.13. The minimum absolute atomic E-state index is 0.0179. The molecule has 0 radical (unpaired) electrons. The van der Waals surface area contributed by atoms with Gasteiger partial charge in [0.1, 0.15) is 24.2 Å². The number of benzene rings is 2. The summed E-state index contributed by atoms with van der Waals surface area (Å²) in [6.07, 6.45) is -6.17.